The Morgan fingerprint density at radius 3 is 2.68 bits per heavy atom. The molecule has 1 heterocycles. The molecular formula is C17H14ClFN2O. The van der Waals surface area contributed by atoms with E-state index in [0.717, 1.165) is 5.39 Å². The van der Waals surface area contributed by atoms with Crippen LogP contribution in [0.3, 0.4) is 0 Å². The van der Waals surface area contributed by atoms with E-state index in [9.17, 15) is 9.50 Å². The first kappa shape index (κ1) is 14.8. The molecule has 0 aliphatic carbocycles. The molecule has 2 N–H and O–H groups in total. The summed E-state index contributed by atoms with van der Waals surface area (Å²) < 4.78 is 14.2. The van der Waals surface area contributed by atoms with Gasteiger partial charge in [0.05, 0.1) is 6.04 Å². The first-order valence-corrected chi connectivity index (χ1v) is 7.18. The van der Waals surface area contributed by atoms with Gasteiger partial charge >= 0.3 is 0 Å². The Balaban J connectivity index is 2.17. The van der Waals surface area contributed by atoms with Gasteiger partial charge in [-0.2, -0.15) is 0 Å². The molecular weight excluding hydrogens is 303 g/mol. The van der Waals surface area contributed by atoms with E-state index in [1.807, 2.05) is 12.1 Å². The van der Waals surface area contributed by atoms with Gasteiger partial charge in [-0.05, 0) is 25.2 Å². The van der Waals surface area contributed by atoms with Crippen LogP contribution >= 0.6 is 11.6 Å². The molecule has 0 fully saturated rings. The molecule has 0 amide bonds. The Hall–Kier alpha value is -2.17. The van der Waals surface area contributed by atoms with Gasteiger partial charge < -0.3 is 10.4 Å². The lowest BCUT2D eigenvalue weighted by molar-refractivity contribution is 0.463. The van der Waals surface area contributed by atoms with Crippen molar-refractivity contribution in [3.05, 3.63) is 70.6 Å². The standard InChI is InChI=1S/C17H14ClFN2O/c1-20-16(12-7-5-11(18)9-14(12)19)13-6-4-10-3-2-8-21-15(10)17(13)22/h2-9,16,20,22H,1H3. The number of pyridine rings is 1. The van der Waals surface area contributed by atoms with Crippen LogP contribution in [0.25, 0.3) is 10.9 Å². The summed E-state index contributed by atoms with van der Waals surface area (Å²) in [4.78, 5) is 4.20. The summed E-state index contributed by atoms with van der Waals surface area (Å²) >= 11 is 5.80. The number of nitrogens with one attached hydrogen (secondary N) is 1. The highest BCUT2D eigenvalue weighted by Crippen LogP contribution is 2.35. The number of nitrogens with zero attached hydrogens (tertiary/aromatic N) is 1. The lowest BCUT2D eigenvalue weighted by Crippen LogP contribution is -2.19. The van der Waals surface area contributed by atoms with Crippen molar-refractivity contribution in [1.29, 1.82) is 0 Å². The molecule has 0 aliphatic rings. The first-order chi connectivity index (χ1) is 10.6. The summed E-state index contributed by atoms with van der Waals surface area (Å²) in [6.07, 6.45) is 1.61. The maximum atomic E-state index is 14.2. The van der Waals surface area contributed by atoms with Gasteiger partial charge in [-0.3, -0.25) is 4.98 Å². The van der Waals surface area contributed by atoms with Gasteiger partial charge in [-0.25, -0.2) is 4.39 Å². The molecule has 3 rings (SSSR count). The summed E-state index contributed by atoms with van der Waals surface area (Å²) in [6, 6.07) is 11.3. The number of hydrogen-bond acceptors (Lipinski definition) is 3. The summed E-state index contributed by atoms with van der Waals surface area (Å²) in [5.74, 6) is -0.376. The van der Waals surface area contributed by atoms with Crippen LogP contribution in [-0.4, -0.2) is 17.1 Å². The number of aromatic hydroxyl groups is 1. The maximum absolute atomic E-state index is 14.2. The van der Waals surface area contributed by atoms with Crippen molar-refractivity contribution in [1.82, 2.24) is 10.3 Å². The minimum atomic E-state index is -0.497. The quantitative estimate of drug-likeness (QED) is 0.766. The fourth-order valence-electron chi connectivity index (χ4n) is 2.59. The minimum absolute atomic E-state index is 0.0480. The van der Waals surface area contributed by atoms with Crippen molar-refractivity contribution >= 4 is 22.5 Å². The van der Waals surface area contributed by atoms with Gasteiger partial charge in [0.25, 0.3) is 0 Å². The zero-order chi connectivity index (χ0) is 15.7. The van der Waals surface area contributed by atoms with Crippen molar-refractivity contribution in [3.8, 4) is 5.75 Å². The summed E-state index contributed by atoms with van der Waals surface area (Å²) in [5, 5.41) is 14.7. The Bertz CT molecular complexity index is 838. The van der Waals surface area contributed by atoms with E-state index in [1.54, 1.807) is 37.5 Å². The van der Waals surface area contributed by atoms with Gasteiger partial charge in [0.15, 0.2) is 0 Å². The Kier molecular flexibility index (Phi) is 3.96. The molecule has 3 aromatic rings. The number of aromatic nitrogens is 1. The van der Waals surface area contributed by atoms with Crippen LogP contribution in [0.15, 0.2) is 48.7 Å². The number of rotatable bonds is 3. The molecule has 3 nitrogen and oxygen atoms in total. The second-order valence-electron chi connectivity index (χ2n) is 4.97. The van der Waals surface area contributed by atoms with Gasteiger partial charge in [0.2, 0.25) is 0 Å². The fourth-order valence-corrected chi connectivity index (χ4v) is 2.75. The van der Waals surface area contributed by atoms with Crippen molar-refractivity contribution in [2.75, 3.05) is 7.05 Å². The van der Waals surface area contributed by atoms with Crippen molar-refractivity contribution < 1.29 is 9.50 Å². The molecule has 0 saturated heterocycles. The number of phenols is 1. The van der Waals surface area contributed by atoms with Crippen molar-refractivity contribution in [3.63, 3.8) is 0 Å². The predicted molar refractivity (Wildman–Crippen MR) is 85.7 cm³/mol. The molecule has 1 atom stereocenters. The molecule has 0 aliphatic heterocycles. The normalized spacial score (nSPS) is 12.5. The second-order valence-corrected chi connectivity index (χ2v) is 5.40. The van der Waals surface area contributed by atoms with E-state index < -0.39 is 11.9 Å². The smallest absolute Gasteiger partial charge is 0.146 e. The van der Waals surface area contributed by atoms with Crippen LogP contribution in [0.1, 0.15) is 17.2 Å². The zero-order valence-electron chi connectivity index (χ0n) is 11.8. The number of benzene rings is 2. The third kappa shape index (κ3) is 2.51. The van der Waals surface area contributed by atoms with Crippen molar-refractivity contribution in [2.24, 2.45) is 0 Å². The molecule has 0 bridgehead atoms. The molecule has 0 spiro atoms. The van der Waals surface area contributed by atoms with Crippen LogP contribution in [0.2, 0.25) is 5.02 Å². The molecule has 5 heteroatoms. The van der Waals surface area contributed by atoms with Crippen LogP contribution in [-0.2, 0) is 0 Å². The predicted octanol–water partition coefficient (Wildman–Crippen LogP) is 4.04. The highest BCUT2D eigenvalue weighted by atomic mass is 35.5. The van der Waals surface area contributed by atoms with E-state index in [-0.39, 0.29) is 5.75 Å². The average molecular weight is 317 g/mol. The lowest BCUT2D eigenvalue weighted by Gasteiger charge is -2.20. The van der Waals surface area contributed by atoms with E-state index in [1.165, 1.54) is 6.07 Å². The van der Waals surface area contributed by atoms with Gasteiger partial charge in [-0.1, -0.05) is 35.9 Å². The average Bonchev–Trinajstić information content (AvgIpc) is 2.52. The maximum Gasteiger partial charge on any atom is 0.146 e. The SMILES string of the molecule is CNC(c1ccc(Cl)cc1F)c1ccc2cccnc2c1O. The topological polar surface area (TPSA) is 45.2 Å². The number of hydrogen-bond donors (Lipinski definition) is 2. The van der Waals surface area contributed by atoms with Crippen LogP contribution in [0.5, 0.6) is 5.75 Å². The minimum Gasteiger partial charge on any atom is -0.505 e. The second kappa shape index (κ2) is 5.91. The molecule has 0 saturated carbocycles. The highest BCUT2D eigenvalue weighted by Gasteiger charge is 2.21. The van der Waals surface area contributed by atoms with Crippen LogP contribution in [0, 0.1) is 5.82 Å². The number of phenolic OH excluding ortho intramolecular Hbond substituents is 1. The van der Waals surface area contributed by atoms with E-state index in [2.05, 4.69) is 10.3 Å². The summed E-state index contributed by atoms with van der Waals surface area (Å²) in [5.41, 5.74) is 1.47. The van der Waals surface area contributed by atoms with E-state index in [4.69, 9.17) is 11.6 Å². The third-order valence-electron chi connectivity index (χ3n) is 3.65. The molecule has 112 valence electrons. The van der Waals surface area contributed by atoms with Gasteiger partial charge in [0, 0.05) is 27.7 Å². The zero-order valence-corrected chi connectivity index (χ0v) is 12.6. The Morgan fingerprint density at radius 2 is 1.95 bits per heavy atom. The molecule has 22 heavy (non-hydrogen) atoms. The lowest BCUT2D eigenvalue weighted by atomic mass is 9.96. The fraction of sp³-hybridized carbons (Fsp3) is 0.118. The van der Waals surface area contributed by atoms with Crippen LogP contribution < -0.4 is 5.32 Å². The Morgan fingerprint density at radius 1 is 1.18 bits per heavy atom. The molecule has 0 radical (unpaired) electrons. The largest absolute Gasteiger partial charge is 0.505 e. The number of fused-ring (bicyclic) bond motifs is 1. The highest BCUT2D eigenvalue weighted by molar-refractivity contribution is 6.30. The van der Waals surface area contributed by atoms with Crippen molar-refractivity contribution in [2.45, 2.75) is 6.04 Å². The molecule has 1 aromatic heterocycles. The monoisotopic (exact) mass is 316 g/mol. The van der Waals surface area contributed by atoms with Crippen LogP contribution in [0.4, 0.5) is 4.39 Å². The third-order valence-corrected chi connectivity index (χ3v) is 3.89. The Labute approximate surface area is 132 Å². The van der Waals surface area contributed by atoms with Gasteiger partial charge in [-0.15, -0.1) is 0 Å². The first-order valence-electron chi connectivity index (χ1n) is 6.80. The summed E-state index contributed by atoms with van der Waals surface area (Å²) in [6.45, 7) is 0. The molecule has 2 aromatic carbocycles. The van der Waals surface area contributed by atoms with E-state index in [0.29, 0.717) is 21.7 Å². The summed E-state index contributed by atoms with van der Waals surface area (Å²) in [7, 11) is 1.71. The van der Waals surface area contributed by atoms with E-state index >= 15 is 0 Å². The molecule has 1 unspecified atom stereocenters. The number of halogens is 2. The van der Waals surface area contributed by atoms with Gasteiger partial charge in [0.1, 0.15) is 17.1 Å².